The molecule has 2 amide bonds. The number of H-pyrrole nitrogens is 1. The molecular formula is C32H49N5O4. The van der Waals surface area contributed by atoms with Crippen molar-refractivity contribution in [3.8, 4) is 0 Å². The zero-order valence-corrected chi connectivity index (χ0v) is 24.9. The summed E-state index contributed by atoms with van der Waals surface area (Å²) in [5, 5.41) is 17.9. The van der Waals surface area contributed by atoms with Gasteiger partial charge in [-0.1, -0.05) is 87.9 Å². The number of rotatable bonds is 16. The minimum Gasteiger partial charge on any atom is -0.445 e. The molecule has 1 saturated carbocycles. The number of aromatic nitrogens is 2. The van der Waals surface area contributed by atoms with Crippen molar-refractivity contribution >= 4 is 12.0 Å². The Morgan fingerprint density at radius 2 is 1.90 bits per heavy atom. The molecule has 1 aliphatic carbocycles. The van der Waals surface area contributed by atoms with Crippen LogP contribution in [0.15, 0.2) is 54.5 Å². The molecular weight excluding hydrogens is 518 g/mol. The number of carbonyl (C=O) groups excluding carboxylic acids is 2. The number of allylic oxidation sites excluding steroid dienone is 1. The number of amides is 2. The lowest BCUT2D eigenvalue weighted by molar-refractivity contribution is -0.125. The van der Waals surface area contributed by atoms with Gasteiger partial charge in [0.05, 0.1) is 24.5 Å². The number of hydrogen-bond acceptors (Lipinski definition) is 6. The highest BCUT2D eigenvalue weighted by atomic mass is 16.6. The fourth-order valence-corrected chi connectivity index (χ4v) is 5.79. The number of nitrogens with zero attached hydrogens (tertiary/aromatic N) is 1. The van der Waals surface area contributed by atoms with E-state index >= 15 is 0 Å². The number of hydrogen-bond donors (Lipinski definition) is 5. The molecule has 41 heavy (non-hydrogen) atoms. The highest BCUT2D eigenvalue weighted by molar-refractivity contribution is 5.82. The number of carbonyl (C=O) groups is 2. The number of aliphatic hydroxyl groups excluding tert-OH is 1. The lowest BCUT2D eigenvalue weighted by atomic mass is 9.82. The second kappa shape index (κ2) is 16.9. The lowest BCUT2D eigenvalue weighted by Crippen LogP contribution is -2.54. The summed E-state index contributed by atoms with van der Waals surface area (Å²) in [6.45, 7) is 6.49. The zero-order chi connectivity index (χ0) is 29.6. The van der Waals surface area contributed by atoms with Gasteiger partial charge >= 0.3 is 6.09 Å². The number of primary amides is 1. The topological polar surface area (TPSA) is 142 Å². The van der Waals surface area contributed by atoms with Crippen LogP contribution in [0.1, 0.15) is 77.0 Å². The van der Waals surface area contributed by atoms with Gasteiger partial charge in [-0.2, -0.15) is 0 Å². The number of nitrogens with two attached hydrogens (primary N) is 1. The van der Waals surface area contributed by atoms with E-state index in [9.17, 15) is 14.7 Å². The third-order valence-corrected chi connectivity index (χ3v) is 8.14. The molecule has 1 heterocycles. The monoisotopic (exact) mass is 567 g/mol. The Labute approximate surface area is 244 Å². The van der Waals surface area contributed by atoms with Gasteiger partial charge in [0, 0.05) is 31.3 Å². The Balaban J connectivity index is 1.75. The molecule has 0 unspecified atom stereocenters. The van der Waals surface area contributed by atoms with Gasteiger partial charge in [-0.25, -0.2) is 9.78 Å². The molecule has 3 rings (SSSR count). The van der Waals surface area contributed by atoms with E-state index in [1.807, 2.05) is 37.3 Å². The molecule has 226 valence electrons. The number of nitrogens with one attached hydrogen (secondary N) is 3. The molecule has 1 aliphatic rings. The van der Waals surface area contributed by atoms with Crippen molar-refractivity contribution in [2.45, 2.75) is 103 Å². The van der Waals surface area contributed by atoms with Crippen LogP contribution < -0.4 is 16.4 Å². The molecule has 1 fully saturated rings. The summed E-state index contributed by atoms with van der Waals surface area (Å²) in [5.41, 5.74) is 8.35. The zero-order valence-electron chi connectivity index (χ0n) is 24.9. The summed E-state index contributed by atoms with van der Waals surface area (Å²) in [6.07, 6.45) is 11.2. The molecule has 0 saturated heterocycles. The van der Waals surface area contributed by atoms with Crippen LogP contribution in [0.5, 0.6) is 0 Å². The first-order chi connectivity index (χ1) is 19.7. The second-order valence-electron chi connectivity index (χ2n) is 11.6. The van der Waals surface area contributed by atoms with E-state index in [1.165, 1.54) is 24.8 Å². The average Bonchev–Trinajstić information content (AvgIpc) is 3.47. The molecule has 1 aromatic carbocycles. The van der Waals surface area contributed by atoms with Crippen LogP contribution in [0, 0.1) is 11.8 Å². The van der Waals surface area contributed by atoms with E-state index < -0.39 is 24.3 Å². The van der Waals surface area contributed by atoms with Crippen molar-refractivity contribution in [2.75, 3.05) is 6.54 Å². The van der Waals surface area contributed by atoms with Crippen molar-refractivity contribution in [3.05, 3.63) is 65.8 Å². The Bertz CT molecular complexity index is 1070. The molecule has 4 atom stereocenters. The predicted molar refractivity (Wildman–Crippen MR) is 161 cm³/mol. The minimum atomic E-state index is -0.858. The quantitative estimate of drug-likeness (QED) is 0.190. The molecule has 6 N–H and O–H groups in total. The summed E-state index contributed by atoms with van der Waals surface area (Å²) in [7, 11) is 0. The first-order valence-corrected chi connectivity index (χ1v) is 15.1. The fraction of sp³-hybridized carbons (Fsp3) is 0.594. The summed E-state index contributed by atoms with van der Waals surface area (Å²) >= 11 is 0. The Morgan fingerprint density at radius 1 is 1.17 bits per heavy atom. The molecule has 9 heteroatoms. The van der Waals surface area contributed by atoms with Gasteiger partial charge in [0.25, 0.3) is 0 Å². The van der Waals surface area contributed by atoms with E-state index in [4.69, 9.17) is 10.5 Å². The van der Waals surface area contributed by atoms with Crippen LogP contribution >= 0.6 is 0 Å². The Kier molecular flexibility index (Phi) is 13.4. The summed E-state index contributed by atoms with van der Waals surface area (Å²) in [5.74, 6) is 0.598. The maximum atomic E-state index is 13.8. The first-order valence-electron chi connectivity index (χ1n) is 15.1. The van der Waals surface area contributed by atoms with Crippen LogP contribution in [0.25, 0.3) is 0 Å². The summed E-state index contributed by atoms with van der Waals surface area (Å²) in [6, 6.07) is 8.68. The van der Waals surface area contributed by atoms with E-state index in [2.05, 4.69) is 40.5 Å². The van der Waals surface area contributed by atoms with Crippen LogP contribution in [-0.2, 0) is 22.4 Å². The third kappa shape index (κ3) is 11.3. The number of benzene rings is 1. The normalized spacial score (nSPS) is 17.5. The highest BCUT2D eigenvalue weighted by Gasteiger charge is 2.30. The Morgan fingerprint density at radius 3 is 2.51 bits per heavy atom. The van der Waals surface area contributed by atoms with Gasteiger partial charge in [0.1, 0.15) is 6.10 Å². The largest absolute Gasteiger partial charge is 0.445 e. The van der Waals surface area contributed by atoms with E-state index in [0.29, 0.717) is 31.1 Å². The number of aromatic amines is 1. The molecule has 0 radical (unpaired) electrons. The van der Waals surface area contributed by atoms with Crippen molar-refractivity contribution in [3.63, 3.8) is 0 Å². The predicted octanol–water partition coefficient (Wildman–Crippen LogP) is 4.43. The minimum absolute atomic E-state index is 0.205. The average molecular weight is 568 g/mol. The fourth-order valence-electron chi connectivity index (χ4n) is 5.79. The van der Waals surface area contributed by atoms with Crippen LogP contribution in [-0.4, -0.2) is 57.9 Å². The van der Waals surface area contributed by atoms with E-state index in [-0.39, 0.29) is 18.5 Å². The molecule has 0 aliphatic heterocycles. The first kappa shape index (κ1) is 32.3. The van der Waals surface area contributed by atoms with Crippen LogP contribution in [0.4, 0.5) is 4.79 Å². The van der Waals surface area contributed by atoms with Gasteiger partial charge in [0.2, 0.25) is 5.91 Å². The summed E-state index contributed by atoms with van der Waals surface area (Å²) in [4.78, 5) is 32.7. The maximum Gasteiger partial charge on any atom is 0.404 e. The smallest absolute Gasteiger partial charge is 0.404 e. The number of aliphatic hydroxyl groups is 1. The highest BCUT2D eigenvalue weighted by Crippen LogP contribution is 2.29. The SMILES string of the molecule is CC=C(C[C@H](O)[C@H](CC1CCCCC1)NC(=O)[C@H](Cc1cnc[nH]1)NC[C@H](Cc1ccccc1)OC(N)=O)C(C)C. The lowest BCUT2D eigenvalue weighted by Gasteiger charge is -2.32. The van der Waals surface area contributed by atoms with Gasteiger partial charge in [0.15, 0.2) is 0 Å². The van der Waals surface area contributed by atoms with Gasteiger partial charge < -0.3 is 31.2 Å². The second-order valence-corrected chi connectivity index (χ2v) is 11.6. The van der Waals surface area contributed by atoms with Gasteiger partial charge in [-0.3, -0.25) is 4.79 Å². The van der Waals surface area contributed by atoms with E-state index in [0.717, 1.165) is 30.5 Å². The Hall–Kier alpha value is -3.17. The number of imidazole rings is 1. The third-order valence-electron chi connectivity index (χ3n) is 8.14. The summed E-state index contributed by atoms with van der Waals surface area (Å²) < 4.78 is 5.40. The molecule has 0 bridgehead atoms. The van der Waals surface area contributed by atoms with E-state index in [1.54, 1.807) is 12.5 Å². The molecule has 0 spiro atoms. The maximum absolute atomic E-state index is 13.8. The van der Waals surface area contributed by atoms with Crippen molar-refractivity contribution < 1.29 is 19.4 Å². The molecule has 1 aromatic heterocycles. The van der Waals surface area contributed by atoms with Crippen molar-refractivity contribution in [1.82, 2.24) is 20.6 Å². The van der Waals surface area contributed by atoms with Gasteiger partial charge in [-0.05, 0) is 37.2 Å². The van der Waals surface area contributed by atoms with Crippen LogP contribution in [0.3, 0.4) is 0 Å². The van der Waals surface area contributed by atoms with Crippen LogP contribution in [0.2, 0.25) is 0 Å². The molecule has 2 aromatic rings. The van der Waals surface area contributed by atoms with Crippen molar-refractivity contribution in [1.29, 1.82) is 0 Å². The number of ether oxygens (including phenoxy) is 1. The van der Waals surface area contributed by atoms with Crippen molar-refractivity contribution in [2.24, 2.45) is 17.6 Å². The standard InChI is InChI=1S/C32H49N5O4/c1-4-25(22(2)3)17-30(38)28(16-24-13-9-6-10-14-24)37-31(39)29(18-26-19-34-21-36-26)35-20-27(41-32(33)40)15-23-11-7-5-8-12-23/h4-5,7-8,11-12,19,21-22,24,27-30,35,38H,6,9-10,13-18,20H2,1-3H3,(H2,33,40)(H,34,36)(H,37,39)/t27-,28-,29-,30-/m0/s1. The van der Waals surface area contributed by atoms with Gasteiger partial charge in [-0.15, -0.1) is 0 Å². The molecule has 9 nitrogen and oxygen atoms in total.